The molecule has 4 nitrogen and oxygen atoms in total. The number of hydrogen-bond donors (Lipinski definition) is 1. The number of hydrogen-bond acceptors (Lipinski definition) is 3. The average molecular weight is 342 g/mol. The van der Waals surface area contributed by atoms with Crippen molar-refractivity contribution < 1.29 is 0 Å². The van der Waals surface area contributed by atoms with Crippen molar-refractivity contribution in [1.82, 2.24) is 9.78 Å². The van der Waals surface area contributed by atoms with E-state index >= 15 is 0 Å². The first kappa shape index (κ1) is 17.0. The van der Waals surface area contributed by atoms with Crippen LogP contribution in [0.25, 0.3) is 0 Å². The van der Waals surface area contributed by atoms with Gasteiger partial charge in [0.2, 0.25) is 0 Å². The van der Waals surface area contributed by atoms with Crippen molar-refractivity contribution in [2.24, 2.45) is 0 Å². The van der Waals surface area contributed by atoms with Gasteiger partial charge in [0.05, 0.1) is 18.4 Å². The number of aromatic nitrogens is 2. The van der Waals surface area contributed by atoms with E-state index in [2.05, 4.69) is 46.8 Å². The number of allylic oxidation sites excluding steroid dienone is 1. The smallest absolute Gasteiger partial charge is 0.283 e. The summed E-state index contributed by atoms with van der Waals surface area (Å²) in [5.74, 6) is 0. The summed E-state index contributed by atoms with van der Waals surface area (Å²) in [5, 5.41) is 7.61. The van der Waals surface area contributed by atoms with Gasteiger partial charge in [0.15, 0.2) is 0 Å². The minimum Gasteiger partial charge on any atom is -0.380 e. The molecule has 112 valence electrons. The molecule has 1 heterocycles. The van der Waals surface area contributed by atoms with Gasteiger partial charge in [-0.1, -0.05) is 39.2 Å². The van der Waals surface area contributed by atoms with Crippen LogP contribution in [0, 0.1) is 0 Å². The maximum atomic E-state index is 12.1. The lowest BCUT2D eigenvalue weighted by Crippen LogP contribution is -2.26. The molecule has 0 aliphatic rings. The predicted molar refractivity (Wildman–Crippen MR) is 88.2 cm³/mol. The molecule has 1 rings (SSSR count). The van der Waals surface area contributed by atoms with Gasteiger partial charge in [-0.15, -0.1) is 6.58 Å². The third-order valence-corrected chi connectivity index (χ3v) is 3.96. The first-order valence-corrected chi connectivity index (χ1v) is 8.06. The maximum absolute atomic E-state index is 12.1. The minimum absolute atomic E-state index is 0.124. The van der Waals surface area contributed by atoms with Crippen molar-refractivity contribution in [3.05, 3.63) is 33.7 Å². The van der Waals surface area contributed by atoms with Crippen LogP contribution in [0.3, 0.4) is 0 Å². The Hall–Kier alpha value is -1.10. The molecular formula is C15H24BrN3O. The lowest BCUT2D eigenvalue weighted by Gasteiger charge is -2.20. The summed E-state index contributed by atoms with van der Waals surface area (Å²) in [5.41, 5.74) is 0.658. The van der Waals surface area contributed by atoms with Crippen LogP contribution in [0.2, 0.25) is 0 Å². The van der Waals surface area contributed by atoms with Crippen LogP contribution in [-0.4, -0.2) is 15.8 Å². The number of nitrogens with one attached hydrogen (secondary N) is 1. The van der Waals surface area contributed by atoms with Crippen LogP contribution in [0.5, 0.6) is 0 Å². The molecule has 0 amide bonds. The quantitative estimate of drug-likeness (QED) is 0.691. The molecule has 1 N–H and O–H groups in total. The first-order chi connectivity index (χ1) is 9.63. The summed E-state index contributed by atoms with van der Waals surface area (Å²) < 4.78 is 1.94. The van der Waals surface area contributed by atoms with E-state index in [1.165, 1.54) is 17.5 Å². The minimum atomic E-state index is -0.124. The Morgan fingerprint density at radius 3 is 2.80 bits per heavy atom. The normalized spacial score (nSPS) is 12.2. The van der Waals surface area contributed by atoms with Crippen LogP contribution in [-0.2, 0) is 6.54 Å². The van der Waals surface area contributed by atoms with E-state index < -0.39 is 0 Å². The average Bonchev–Trinajstić information content (AvgIpc) is 2.44. The molecule has 1 atom stereocenters. The summed E-state index contributed by atoms with van der Waals surface area (Å²) in [6, 6.07) is 0.396. The summed E-state index contributed by atoms with van der Waals surface area (Å²) >= 11 is 3.38. The highest BCUT2D eigenvalue weighted by atomic mass is 79.9. The van der Waals surface area contributed by atoms with Crippen molar-refractivity contribution in [3.8, 4) is 0 Å². The molecule has 1 unspecified atom stereocenters. The second-order valence-electron chi connectivity index (χ2n) is 4.92. The molecule has 0 saturated carbocycles. The second kappa shape index (κ2) is 8.95. The topological polar surface area (TPSA) is 46.9 Å². The predicted octanol–water partition coefficient (Wildman–Crippen LogP) is 3.96. The van der Waals surface area contributed by atoms with Gasteiger partial charge >= 0.3 is 0 Å². The molecule has 1 aromatic heterocycles. The Morgan fingerprint density at radius 1 is 1.45 bits per heavy atom. The Kier molecular flexibility index (Phi) is 7.59. The summed E-state index contributed by atoms with van der Waals surface area (Å²) in [4.78, 5) is 12.1. The standard InChI is InChI=1S/C15H24BrN3O/c1-4-7-9-12(8-5-2)18-13-11-17-19(10-6-3)15(20)14(13)16/h6,11-12,18H,3-5,7-10H2,1-2H3. The monoisotopic (exact) mass is 341 g/mol. The molecule has 0 aliphatic heterocycles. The van der Waals surface area contributed by atoms with E-state index in [0.29, 0.717) is 17.1 Å². The van der Waals surface area contributed by atoms with Gasteiger partial charge in [-0.3, -0.25) is 4.79 Å². The number of rotatable bonds is 9. The van der Waals surface area contributed by atoms with E-state index in [1.54, 1.807) is 12.3 Å². The molecule has 0 spiro atoms. The largest absolute Gasteiger partial charge is 0.380 e. The molecule has 0 aromatic carbocycles. The molecule has 5 heteroatoms. The van der Waals surface area contributed by atoms with Crippen LogP contribution in [0.4, 0.5) is 5.69 Å². The highest BCUT2D eigenvalue weighted by Gasteiger charge is 2.12. The lowest BCUT2D eigenvalue weighted by atomic mass is 10.1. The number of halogens is 1. The maximum Gasteiger partial charge on any atom is 0.283 e. The zero-order valence-corrected chi connectivity index (χ0v) is 13.9. The van der Waals surface area contributed by atoms with E-state index in [1.807, 2.05) is 0 Å². The summed E-state index contributed by atoms with van der Waals surface area (Å²) in [6.45, 7) is 8.42. The molecule has 0 fully saturated rings. The van der Waals surface area contributed by atoms with Crippen molar-refractivity contribution in [2.75, 3.05) is 5.32 Å². The molecule has 1 aromatic rings. The molecule has 0 saturated heterocycles. The van der Waals surface area contributed by atoms with Crippen LogP contribution >= 0.6 is 15.9 Å². The van der Waals surface area contributed by atoms with E-state index in [0.717, 1.165) is 24.9 Å². The van der Waals surface area contributed by atoms with Crippen molar-refractivity contribution >= 4 is 21.6 Å². The van der Waals surface area contributed by atoms with E-state index in [4.69, 9.17) is 0 Å². The van der Waals surface area contributed by atoms with Crippen LogP contribution in [0.1, 0.15) is 46.0 Å². The lowest BCUT2D eigenvalue weighted by molar-refractivity contribution is 0.562. The van der Waals surface area contributed by atoms with Gasteiger partial charge < -0.3 is 5.32 Å². The fraction of sp³-hybridized carbons (Fsp3) is 0.600. The zero-order valence-electron chi connectivity index (χ0n) is 12.4. The number of unbranched alkanes of at least 4 members (excludes halogenated alkanes) is 1. The molecule has 0 bridgehead atoms. The Morgan fingerprint density at radius 2 is 2.20 bits per heavy atom. The zero-order chi connectivity index (χ0) is 15.0. The molecule has 0 aliphatic carbocycles. The van der Waals surface area contributed by atoms with Gasteiger partial charge in [-0.05, 0) is 28.8 Å². The van der Waals surface area contributed by atoms with Gasteiger partial charge in [0.25, 0.3) is 5.56 Å². The third kappa shape index (κ3) is 4.78. The van der Waals surface area contributed by atoms with E-state index in [9.17, 15) is 4.79 Å². The Balaban J connectivity index is 2.87. The van der Waals surface area contributed by atoms with Crippen molar-refractivity contribution in [1.29, 1.82) is 0 Å². The summed E-state index contributed by atoms with van der Waals surface area (Å²) in [6.07, 6.45) is 9.09. The Labute approximate surface area is 129 Å². The SMILES string of the molecule is C=CCn1ncc(NC(CCC)CCCC)c(Br)c1=O. The molecule has 20 heavy (non-hydrogen) atoms. The number of nitrogens with zero attached hydrogens (tertiary/aromatic N) is 2. The van der Waals surface area contributed by atoms with Gasteiger partial charge in [0.1, 0.15) is 4.47 Å². The number of anilines is 1. The van der Waals surface area contributed by atoms with Crippen molar-refractivity contribution in [3.63, 3.8) is 0 Å². The van der Waals surface area contributed by atoms with Crippen LogP contribution in [0.15, 0.2) is 28.1 Å². The third-order valence-electron chi connectivity index (χ3n) is 3.19. The molecule has 0 radical (unpaired) electrons. The van der Waals surface area contributed by atoms with Gasteiger partial charge in [0, 0.05) is 6.04 Å². The summed E-state index contributed by atoms with van der Waals surface area (Å²) in [7, 11) is 0. The van der Waals surface area contributed by atoms with E-state index in [-0.39, 0.29) is 5.56 Å². The van der Waals surface area contributed by atoms with Crippen molar-refractivity contribution in [2.45, 2.75) is 58.5 Å². The highest BCUT2D eigenvalue weighted by Crippen LogP contribution is 2.20. The van der Waals surface area contributed by atoms with Gasteiger partial charge in [-0.2, -0.15) is 5.10 Å². The van der Waals surface area contributed by atoms with Gasteiger partial charge in [-0.25, -0.2) is 4.68 Å². The molecular weight excluding hydrogens is 318 g/mol. The first-order valence-electron chi connectivity index (χ1n) is 7.27. The Bertz CT molecular complexity index is 484. The highest BCUT2D eigenvalue weighted by molar-refractivity contribution is 9.10. The fourth-order valence-corrected chi connectivity index (χ4v) is 2.55. The van der Waals surface area contributed by atoms with Crippen LogP contribution < -0.4 is 10.9 Å². The fourth-order valence-electron chi connectivity index (χ4n) is 2.13. The second-order valence-corrected chi connectivity index (χ2v) is 5.71.